The zero-order valence-corrected chi connectivity index (χ0v) is 8.51. The van der Waals surface area contributed by atoms with E-state index in [4.69, 9.17) is 9.47 Å². The summed E-state index contributed by atoms with van der Waals surface area (Å²) in [5, 5.41) is 0. The van der Waals surface area contributed by atoms with Gasteiger partial charge in [-0.25, -0.2) is 0 Å². The summed E-state index contributed by atoms with van der Waals surface area (Å²) in [6.07, 6.45) is 0.807. The Morgan fingerprint density at radius 3 is 2.08 bits per heavy atom. The Kier molecular flexibility index (Phi) is 4.42. The fraction of sp³-hybridized carbons (Fsp3) is 0.889. The Morgan fingerprint density at radius 1 is 1.42 bits per heavy atom. The molecule has 0 aliphatic carbocycles. The van der Waals surface area contributed by atoms with E-state index in [0.717, 1.165) is 6.42 Å². The van der Waals surface area contributed by atoms with Gasteiger partial charge < -0.3 is 9.47 Å². The van der Waals surface area contributed by atoms with Gasteiger partial charge in [0.05, 0.1) is 0 Å². The van der Waals surface area contributed by atoms with Crippen LogP contribution >= 0.6 is 0 Å². The Hall–Kier alpha value is -0.410. The molecular formula is C9H18O3. The fourth-order valence-electron chi connectivity index (χ4n) is 0.917. The maximum absolute atomic E-state index is 11.6. The van der Waals surface area contributed by atoms with Gasteiger partial charge in [-0.05, 0) is 13.3 Å². The summed E-state index contributed by atoms with van der Waals surface area (Å²) in [6, 6.07) is 0. The van der Waals surface area contributed by atoms with E-state index >= 15 is 0 Å². The summed E-state index contributed by atoms with van der Waals surface area (Å²) in [5.41, 5.74) is 0. The summed E-state index contributed by atoms with van der Waals surface area (Å²) in [4.78, 5) is 11.6. The van der Waals surface area contributed by atoms with Gasteiger partial charge in [0.25, 0.3) is 0 Å². The molecule has 0 aromatic heterocycles. The second-order valence-electron chi connectivity index (χ2n) is 3.03. The first-order valence-corrected chi connectivity index (χ1v) is 4.16. The van der Waals surface area contributed by atoms with Crippen LogP contribution in [0.15, 0.2) is 0 Å². The van der Waals surface area contributed by atoms with Crippen molar-refractivity contribution in [2.45, 2.75) is 33.0 Å². The van der Waals surface area contributed by atoms with Crippen molar-refractivity contribution in [3.8, 4) is 0 Å². The van der Waals surface area contributed by atoms with Crippen molar-refractivity contribution in [1.29, 1.82) is 0 Å². The predicted octanol–water partition coefficient (Wildman–Crippen LogP) is 1.61. The van der Waals surface area contributed by atoms with Crippen molar-refractivity contribution in [1.82, 2.24) is 0 Å². The molecular weight excluding hydrogens is 156 g/mol. The van der Waals surface area contributed by atoms with E-state index in [1.54, 1.807) is 6.92 Å². The minimum absolute atomic E-state index is 0.00463. The molecule has 0 aromatic rings. The normalized spacial score (nSPS) is 14.4. The van der Waals surface area contributed by atoms with E-state index in [2.05, 4.69) is 0 Å². The van der Waals surface area contributed by atoms with Gasteiger partial charge in [0.2, 0.25) is 5.79 Å². The molecule has 72 valence electrons. The molecule has 0 radical (unpaired) electrons. The molecule has 0 aliphatic heterocycles. The van der Waals surface area contributed by atoms with Gasteiger partial charge in [-0.15, -0.1) is 0 Å². The predicted molar refractivity (Wildman–Crippen MR) is 46.9 cm³/mol. The largest absolute Gasteiger partial charge is 0.347 e. The molecule has 0 spiro atoms. The maximum atomic E-state index is 11.6. The second-order valence-corrected chi connectivity index (χ2v) is 3.03. The Morgan fingerprint density at radius 2 is 1.83 bits per heavy atom. The highest BCUT2D eigenvalue weighted by Gasteiger charge is 2.35. The third-order valence-electron chi connectivity index (χ3n) is 2.29. The zero-order chi connectivity index (χ0) is 9.78. The monoisotopic (exact) mass is 174 g/mol. The minimum atomic E-state index is -1.07. The van der Waals surface area contributed by atoms with Crippen LogP contribution in [0.2, 0.25) is 0 Å². The molecule has 0 rings (SSSR count). The SMILES string of the molecule is CCC(C)C(=O)C(C)(OC)OC. The van der Waals surface area contributed by atoms with Crippen LogP contribution in [0.3, 0.4) is 0 Å². The topological polar surface area (TPSA) is 35.5 Å². The Balaban J connectivity index is 4.41. The average Bonchev–Trinajstić information content (AvgIpc) is 2.14. The standard InChI is InChI=1S/C9H18O3/c1-6-7(2)8(10)9(3,11-4)12-5/h7H,6H2,1-5H3. The number of hydrogen-bond acceptors (Lipinski definition) is 3. The lowest BCUT2D eigenvalue weighted by Gasteiger charge is -2.27. The van der Waals surface area contributed by atoms with Crippen molar-refractivity contribution in [2.24, 2.45) is 5.92 Å². The highest BCUT2D eigenvalue weighted by molar-refractivity contribution is 5.87. The summed E-state index contributed by atoms with van der Waals surface area (Å²) in [5.74, 6) is -1.10. The number of ketones is 1. The van der Waals surface area contributed by atoms with Gasteiger partial charge in [-0.2, -0.15) is 0 Å². The molecule has 0 fully saturated rings. The van der Waals surface area contributed by atoms with Crippen LogP contribution in [-0.2, 0) is 14.3 Å². The number of methoxy groups -OCH3 is 2. The average molecular weight is 174 g/mol. The molecule has 0 N–H and O–H groups in total. The smallest absolute Gasteiger partial charge is 0.225 e. The molecule has 0 saturated heterocycles. The molecule has 0 aliphatic rings. The summed E-state index contributed by atoms with van der Waals surface area (Å²) >= 11 is 0. The van der Waals surface area contributed by atoms with E-state index in [-0.39, 0.29) is 11.7 Å². The van der Waals surface area contributed by atoms with Gasteiger partial charge >= 0.3 is 0 Å². The molecule has 0 amide bonds. The molecule has 12 heavy (non-hydrogen) atoms. The van der Waals surface area contributed by atoms with Gasteiger partial charge in [0, 0.05) is 20.1 Å². The number of carbonyl (C=O) groups is 1. The molecule has 0 heterocycles. The van der Waals surface area contributed by atoms with E-state index in [9.17, 15) is 4.79 Å². The van der Waals surface area contributed by atoms with Crippen LogP contribution < -0.4 is 0 Å². The van der Waals surface area contributed by atoms with Crippen LogP contribution in [0, 0.1) is 5.92 Å². The van der Waals surface area contributed by atoms with E-state index < -0.39 is 5.79 Å². The number of carbonyl (C=O) groups excluding carboxylic acids is 1. The van der Waals surface area contributed by atoms with Gasteiger partial charge in [-0.1, -0.05) is 13.8 Å². The number of Topliss-reactive ketones (excluding diaryl/α,β-unsaturated/α-hetero) is 1. The molecule has 3 nitrogen and oxygen atoms in total. The summed E-state index contributed by atoms with van der Waals surface area (Å²) in [7, 11) is 2.95. The van der Waals surface area contributed by atoms with E-state index in [1.165, 1.54) is 14.2 Å². The summed E-state index contributed by atoms with van der Waals surface area (Å²) in [6.45, 7) is 5.48. The lowest BCUT2D eigenvalue weighted by Crippen LogP contribution is -2.42. The van der Waals surface area contributed by atoms with Crippen LogP contribution in [0.25, 0.3) is 0 Å². The summed E-state index contributed by atoms with van der Waals surface area (Å²) < 4.78 is 10.00. The third-order valence-corrected chi connectivity index (χ3v) is 2.29. The highest BCUT2D eigenvalue weighted by Crippen LogP contribution is 2.18. The molecule has 0 bridgehead atoms. The number of rotatable bonds is 5. The van der Waals surface area contributed by atoms with Crippen LogP contribution in [-0.4, -0.2) is 25.8 Å². The Bertz CT molecular complexity index is 150. The number of ether oxygens (including phenoxy) is 2. The van der Waals surface area contributed by atoms with Crippen molar-refractivity contribution in [2.75, 3.05) is 14.2 Å². The van der Waals surface area contributed by atoms with E-state index in [1.807, 2.05) is 13.8 Å². The first-order valence-electron chi connectivity index (χ1n) is 4.16. The minimum Gasteiger partial charge on any atom is -0.347 e. The zero-order valence-electron chi connectivity index (χ0n) is 8.51. The van der Waals surface area contributed by atoms with Crippen molar-refractivity contribution in [3.05, 3.63) is 0 Å². The van der Waals surface area contributed by atoms with E-state index in [0.29, 0.717) is 0 Å². The van der Waals surface area contributed by atoms with Crippen LogP contribution in [0.1, 0.15) is 27.2 Å². The van der Waals surface area contributed by atoms with Crippen molar-refractivity contribution >= 4 is 5.78 Å². The quantitative estimate of drug-likeness (QED) is 0.594. The molecule has 0 aromatic carbocycles. The second kappa shape index (κ2) is 4.58. The molecule has 0 saturated carbocycles. The van der Waals surface area contributed by atoms with Crippen LogP contribution in [0.4, 0.5) is 0 Å². The van der Waals surface area contributed by atoms with Gasteiger partial charge in [0.1, 0.15) is 0 Å². The first-order chi connectivity index (χ1) is 5.51. The number of hydrogen-bond donors (Lipinski definition) is 0. The molecule has 1 atom stereocenters. The fourth-order valence-corrected chi connectivity index (χ4v) is 0.917. The van der Waals surface area contributed by atoms with Gasteiger partial charge in [-0.3, -0.25) is 4.79 Å². The maximum Gasteiger partial charge on any atom is 0.225 e. The lowest BCUT2D eigenvalue weighted by atomic mass is 9.97. The molecule has 1 unspecified atom stereocenters. The first kappa shape index (κ1) is 11.6. The lowest BCUT2D eigenvalue weighted by molar-refractivity contribution is -0.202. The van der Waals surface area contributed by atoms with Crippen molar-refractivity contribution in [3.63, 3.8) is 0 Å². The Labute approximate surface area is 74.0 Å². The van der Waals surface area contributed by atoms with Gasteiger partial charge in [0.15, 0.2) is 5.78 Å². The van der Waals surface area contributed by atoms with Crippen LogP contribution in [0.5, 0.6) is 0 Å². The molecule has 3 heteroatoms. The third kappa shape index (κ3) is 2.29. The highest BCUT2D eigenvalue weighted by atomic mass is 16.7. The van der Waals surface area contributed by atoms with Crippen molar-refractivity contribution < 1.29 is 14.3 Å².